The van der Waals surface area contributed by atoms with Gasteiger partial charge in [-0.2, -0.15) is 17.0 Å². The van der Waals surface area contributed by atoms with E-state index in [1.165, 1.54) is 4.31 Å². The van der Waals surface area contributed by atoms with Crippen molar-refractivity contribution in [3.63, 3.8) is 0 Å². The molecular weight excluding hydrogens is 320 g/mol. The van der Waals surface area contributed by atoms with Crippen LogP contribution < -0.4 is 0 Å². The van der Waals surface area contributed by atoms with E-state index in [9.17, 15) is 21.6 Å². The molecular formula is C11H20N2O6S2. The Kier molecular flexibility index (Phi) is 4.91. The van der Waals surface area contributed by atoms with Gasteiger partial charge < -0.3 is 5.11 Å². The van der Waals surface area contributed by atoms with Crippen LogP contribution in [-0.4, -0.2) is 73.7 Å². The number of sulfone groups is 1. The van der Waals surface area contributed by atoms with Gasteiger partial charge in [0.15, 0.2) is 9.84 Å². The summed E-state index contributed by atoms with van der Waals surface area (Å²) < 4.78 is 50.5. The van der Waals surface area contributed by atoms with Crippen LogP contribution in [0.4, 0.5) is 0 Å². The standard InChI is InChI=1S/C11H20N2O6S2/c14-11(15)8-13(10-4-7-20(16,17)9-10)21(18,19)12-5-2-1-3-6-12/h10H,1-9H2,(H,14,15). The quantitative estimate of drug-likeness (QED) is 0.707. The summed E-state index contributed by atoms with van der Waals surface area (Å²) in [5, 5.41) is 8.96. The van der Waals surface area contributed by atoms with E-state index in [-0.39, 0.29) is 17.9 Å². The van der Waals surface area contributed by atoms with Gasteiger partial charge in [0, 0.05) is 19.1 Å². The summed E-state index contributed by atoms with van der Waals surface area (Å²) in [5.41, 5.74) is 0. The maximum atomic E-state index is 12.6. The van der Waals surface area contributed by atoms with Gasteiger partial charge in [-0.1, -0.05) is 6.42 Å². The Morgan fingerprint density at radius 3 is 2.33 bits per heavy atom. The van der Waals surface area contributed by atoms with E-state index in [0.717, 1.165) is 23.6 Å². The molecule has 2 rings (SSSR count). The number of carboxylic acid groups (broad SMARTS) is 1. The van der Waals surface area contributed by atoms with Crippen LogP contribution >= 0.6 is 0 Å². The zero-order chi connectivity index (χ0) is 15.7. The maximum Gasteiger partial charge on any atom is 0.318 e. The van der Waals surface area contributed by atoms with Crippen LogP contribution in [0.25, 0.3) is 0 Å². The van der Waals surface area contributed by atoms with Crippen LogP contribution in [0.2, 0.25) is 0 Å². The second-order valence-electron chi connectivity index (χ2n) is 5.46. The monoisotopic (exact) mass is 340 g/mol. The summed E-state index contributed by atoms with van der Waals surface area (Å²) in [6, 6.07) is -0.780. The van der Waals surface area contributed by atoms with Gasteiger partial charge >= 0.3 is 5.97 Å². The van der Waals surface area contributed by atoms with E-state index < -0.39 is 38.6 Å². The van der Waals surface area contributed by atoms with E-state index in [1.54, 1.807) is 0 Å². The first-order chi connectivity index (χ1) is 9.72. The van der Waals surface area contributed by atoms with Crippen molar-refractivity contribution in [1.82, 2.24) is 8.61 Å². The number of hydrogen-bond acceptors (Lipinski definition) is 5. The van der Waals surface area contributed by atoms with Crippen molar-refractivity contribution in [2.45, 2.75) is 31.7 Å². The summed E-state index contributed by atoms with van der Waals surface area (Å²) in [6.45, 7) is 0.0227. The molecule has 2 heterocycles. The Hall–Kier alpha value is -0.710. The molecule has 2 aliphatic rings. The molecule has 1 unspecified atom stereocenters. The molecule has 2 saturated heterocycles. The Morgan fingerprint density at radius 1 is 1.24 bits per heavy atom. The SMILES string of the molecule is O=C(O)CN(C1CCS(=O)(=O)C1)S(=O)(=O)N1CCCCC1. The molecule has 2 fully saturated rings. The van der Waals surface area contributed by atoms with E-state index in [2.05, 4.69) is 0 Å². The van der Waals surface area contributed by atoms with Crippen LogP contribution in [0.1, 0.15) is 25.7 Å². The van der Waals surface area contributed by atoms with Crippen molar-refractivity contribution >= 4 is 26.0 Å². The summed E-state index contributed by atoms with van der Waals surface area (Å²) in [7, 11) is -7.22. The molecule has 1 N–H and O–H groups in total. The molecule has 0 aromatic carbocycles. The highest BCUT2D eigenvalue weighted by Crippen LogP contribution is 2.24. The van der Waals surface area contributed by atoms with Crippen molar-refractivity contribution in [2.75, 3.05) is 31.1 Å². The minimum atomic E-state index is -3.93. The fraction of sp³-hybridized carbons (Fsp3) is 0.909. The highest BCUT2D eigenvalue weighted by molar-refractivity contribution is 7.91. The minimum Gasteiger partial charge on any atom is -0.480 e. The van der Waals surface area contributed by atoms with Gasteiger partial charge in [-0.3, -0.25) is 4.79 Å². The summed E-state index contributed by atoms with van der Waals surface area (Å²) in [6.07, 6.45) is 2.58. The summed E-state index contributed by atoms with van der Waals surface area (Å²) >= 11 is 0. The van der Waals surface area contributed by atoms with Crippen LogP contribution in [0.3, 0.4) is 0 Å². The molecule has 0 bridgehead atoms. The van der Waals surface area contributed by atoms with Gasteiger partial charge in [0.1, 0.15) is 6.54 Å². The first-order valence-corrected chi connectivity index (χ1v) is 10.1. The highest BCUT2D eigenvalue weighted by atomic mass is 32.2. The smallest absolute Gasteiger partial charge is 0.318 e. The molecule has 0 aromatic heterocycles. The Morgan fingerprint density at radius 2 is 1.86 bits per heavy atom. The maximum absolute atomic E-state index is 12.6. The number of hydrogen-bond donors (Lipinski definition) is 1. The lowest BCUT2D eigenvalue weighted by molar-refractivity contribution is -0.137. The van der Waals surface area contributed by atoms with Crippen LogP contribution in [0.15, 0.2) is 0 Å². The molecule has 0 aromatic rings. The lowest BCUT2D eigenvalue weighted by Gasteiger charge is -2.33. The van der Waals surface area contributed by atoms with Crippen molar-refractivity contribution in [3.05, 3.63) is 0 Å². The number of aliphatic carboxylic acids is 1. The van der Waals surface area contributed by atoms with Gasteiger partial charge in [-0.15, -0.1) is 0 Å². The normalized spacial score (nSPS) is 27.0. The second-order valence-corrected chi connectivity index (χ2v) is 9.57. The molecule has 0 saturated carbocycles. The highest BCUT2D eigenvalue weighted by Gasteiger charge is 2.41. The predicted molar refractivity (Wildman–Crippen MR) is 75.7 cm³/mol. The van der Waals surface area contributed by atoms with E-state index in [4.69, 9.17) is 5.11 Å². The fourth-order valence-electron chi connectivity index (χ4n) is 2.78. The Balaban J connectivity index is 2.24. The van der Waals surface area contributed by atoms with Crippen molar-refractivity contribution in [3.8, 4) is 0 Å². The third-order valence-electron chi connectivity index (χ3n) is 3.84. The zero-order valence-electron chi connectivity index (χ0n) is 11.6. The lowest BCUT2D eigenvalue weighted by Crippen LogP contribution is -2.52. The molecule has 0 amide bonds. The number of piperidine rings is 1. The van der Waals surface area contributed by atoms with Crippen molar-refractivity contribution < 1.29 is 26.7 Å². The van der Waals surface area contributed by atoms with Crippen LogP contribution in [0, 0.1) is 0 Å². The summed E-state index contributed by atoms with van der Waals surface area (Å²) in [4.78, 5) is 11.0. The number of carbonyl (C=O) groups is 1. The van der Waals surface area contributed by atoms with Gasteiger partial charge in [0.25, 0.3) is 10.2 Å². The third kappa shape index (κ3) is 3.93. The first-order valence-electron chi connectivity index (χ1n) is 6.91. The minimum absolute atomic E-state index is 0.0939. The molecule has 8 nitrogen and oxygen atoms in total. The van der Waals surface area contributed by atoms with Crippen LogP contribution in [-0.2, 0) is 24.8 Å². The average molecular weight is 340 g/mol. The molecule has 21 heavy (non-hydrogen) atoms. The average Bonchev–Trinajstić information content (AvgIpc) is 2.76. The van der Waals surface area contributed by atoms with Gasteiger partial charge in [-0.05, 0) is 19.3 Å². The molecule has 1 atom stereocenters. The largest absolute Gasteiger partial charge is 0.480 e. The lowest BCUT2D eigenvalue weighted by atomic mass is 10.2. The topological polar surface area (TPSA) is 112 Å². The molecule has 122 valence electrons. The summed E-state index contributed by atoms with van der Waals surface area (Å²) in [5.74, 6) is -1.67. The van der Waals surface area contributed by atoms with Gasteiger partial charge in [0.2, 0.25) is 0 Å². The predicted octanol–water partition coefficient (Wildman–Crippen LogP) is -0.709. The van der Waals surface area contributed by atoms with Crippen molar-refractivity contribution in [1.29, 1.82) is 0 Å². The van der Waals surface area contributed by atoms with E-state index in [1.807, 2.05) is 0 Å². The molecule has 0 spiro atoms. The number of carboxylic acids is 1. The first kappa shape index (κ1) is 16.7. The molecule has 10 heteroatoms. The van der Waals surface area contributed by atoms with E-state index in [0.29, 0.717) is 13.1 Å². The molecule has 2 aliphatic heterocycles. The second kappa shape index (κ2) is 6.19. The molecule has 0 aliphatic carbocycles. The van der Waals surface area contributed by atoms with E-state index >= 15 is 0 Å². The fourth-order valence-corrected chi connectivity index (χ4v) is 6.45. The van der Waals surface area contributed by atoms with Gasteiger partial charge in [-0.25, -0.2) is 8.42 Å². The third-order valence-corrected chi connectivity index (χ3v) is 7.63. The number of rotatable bonds is 5. The Labute approximate surface area is 124 Å². The number of nitrogens with zero attached hydrogens (tertiary/aromatic N) is 2. The van der Waals surface area contributed by atoms with Crippen molar-refractivity contribution in [2.24, 2.45) is 0 Å². The van der Waals surface area contributed by atoms with Gasteiger partial charge in [0.05, 0.1) is 11.5 Å². The molecule has 0 radical (unpaired) electrons. The zero-order valence-corrected chi connectivity index (χ0v) is 13.3. The Bertz CT molecular complexity index is 594. The van der Waals surface area contributed by atoms with Crippen LogP contribution in [0.5, 0.6) is 0 Å².